The molecule has 0 fully saturated rings. The maximum absolute atomic E-state index is 8.20. The van der Waals surface area contributed by atoms with Crippen molar-refractivity contribution in [1.29, 1.82) is 2.77 Å². The molecule has 0 saturated carbocycles. The fourth-order valence-electron chi connectivity index (χ4n) is 0.182. The van der Waals surface area contributed by atoms with Gasteiger partial charge in [0.25, 0.3) is 0 Å². The third-order valence-electron chi connectivity index (χ3n) is 0.536. The number of hydrogen-bond donors (Lipinski definition) is 3. The highest BCUT2D eigenvalue weighted by atomic mass is 32.1. The molecule has 4 heteroatoms. The van der Waals surface area contributed by atoms with Crippen molar-refractivity contribution >= 4 is 19.0 Å². The number of rotatable bonds is 3. The zero-order chi connectivity index (χ0) is 9.28. The molecule has 0 heterocycles. The molecule has 0 aliphatic rings. The Morgan fingerprint density at radius 1 is 2.11 bits per heavy atom. The molecule has 0 amide bonds. The Kier molecular flexibility index (Phi) is 9.24. The van der Waals surface area contributed by atoms with Gasteiger partial charge in [0.1, 0.15) is 0 Å². The van der Waals surface area contributed by atoms with E-state index >= 15 is 0 Å². The molecule has 0 aromatic carbocycles. The largest absolute Gasteiger partial charge is 0.396 e. The molecule has 56 valence electrons. The molecule has 0 radical (unpaired) electrons. The molecule has 0 aromatic heterocycles. The second-order valence-electron chi connectivity index (χ2n) is 1.58. The summed E-state index contributed by atoms with van der Waals surface area (Å²) in [5.41, 5.74) is 0. The van der Waals surface area contributed by atoms with Gasteiger partial charge >= 0.3 is 0 Å². The quantitative estimate of drug-likeness (QED) is 0.396. The van der Waals surface area contributed by atoms with Gasteiger partial charge in [-0.2, -0.15) is 0 Å². The molecule has 0 aliphatic heterocycles. The predicted octanol–water partition coefficient (Wildman–Crippen LogP) is 0.0654. The Morgan fingerprint density at radius 3 is 2.67 bits per heavy atom. The smallest absolute Gasteiger partial charge is 0.210 e. The van der Waals surface area contributed by atoms with E-state index in [2.05, 4.69) is 17.6 Å². The summed E-state index contributed by atoms with van der Waals surface area (Å²) in [5, 5.41) is 12.3. The van der Waals surface area contributed by atoms with Gasteiger partial charge in [0.15, 0.2) is 6.52 Å². The Labute approximate surface area is 65.7 Å². The molecule has 9 heavy (non-hydrogen) atoms. The maximum atomic E-state index is 8.20. The van der Waals surface area contributed by atoms with Crippen LogP contribution in [0, 0.1) is 0 Å². The molecule has 1 unspecified atom stereocenters. The summed E-state index contributed by atoms with van der Waals surface area (Å²) in [6.45, 7) is 3.31. The fourth-order valence-corrected chi connectivity index (χ4v) is 0.182. The fraction of sp³-hybridized carbons (Fsp3) is 1.00. The summed E-state index contributed by atoms with van der Waals surface area (Å²) in [7, 11) is 0. The van der Waals surface area contributed by atoms with Crippen LogP contribution in [0.5, 0.6) is 0 Å². The van der Waals surface area contributed by atoms with Crippen molar-refractivity contribution in [3.8, 4) is 0 Å². The number of aliphatic hydroxyl groups is 2. The van der Waals surface area contributed by atoms with E-state index in [1.165, 1.54) is 0 Å². The summed E-state index contributed by atoms with van der Waals surface area (Å²) in [6, 6.07) is 0. The van der Waals surface area contributed by atoms with Crippen LogP contribution in [0.2, 0.25) is 6.82 Å². The van der Waals surface area contributed by atoms with Gasteiger partial charge in [-0.25, -0.2) is 12.5 Å². The van der Waals surface area contributed by atoms with Crippen LogP contribution in [0.15, 0.2) is 0 Å². The molecular weight excluding hydrogens is 135 g/mol. The van der Waals surface area contributed by atoms with Crippen molar-refractivity contribution in [3.63, 3.8) is 0 Å². The number of thiol groups is 1. The Hall–Kier alpha value is 0.335. The minimum atomic E-state index is -0.222. The van der Waals surface area contributed by atoms with Crippen molar-refractivity contribution < 1.29 is 10.2 Å². The third-order valence-corrected chi connectivity index (χ3v) is 0.536. The van der Waals surface area contributed by atoms with Crippen molar-refractivity contribution in [3.05, 3.63) is 0 Å². The molecule has 0 aromatic rings. The highest BCUT2D eigenvalue weighted by Crippen LogP contribution is 1.83. The first kappa shape index (κ1) is 7.44. The average molecular weight is 153 g/mol. The van der Waals surface area contributed by atoms with E-state index < -0.39 is 0 Å². The van der Waals surface area contributed by atoms with Gasteiger partial charge in [-0.3, -0.25) is 0 Å². The first-order chi connectivity index (χ1) is 5.04. The van der Waals surface area contributed by atoms with E-state index in [4.69, 9.17) is 7.87 Å². The number of hydrogen-bond acceptors (Lipinski definition) is 3. The molecule has 0 saturated heterocycles. The Morgan fingerprint density at radius 2 is 2.56 bits per heavy atom. The van der Waals surface area contributed by atoms with Crippen molar-refractivity contribution in [2.75, 3.05) is 6.61 Å². The summed E-state index contributed by atoms with van der Waals surface area (Å²) in [6.07, 6.45) is 0.411. The molecule has 0 rings (SSSR count). The van der Waals surface area contributed by atoms with E-state index in [-0.39, 0.29) is 19.2 Å². The van der Waals surface area contributed by atoms with Gasteiger partial charge in [0.05, 0.1) is 6.10 Å². The lowest BCUT2D eigenvalue weighted by molar-refractivity contribution is 0.148. The first-order valence-electron chi connectivity index (χ1n) is 3.86. The minimum Gasteiger partial charge on any atom is -0.396 e. The molecule has 0 spiro atoms. The molecular formula is C5H15BO2S. The highest BCUT2D eigenvalue weighted by Gasteiger charge is 1.88. The van der Waals surface area contributed by atoms with Gasteiger partial charge in [-0.05, 0) is 14.7 Å². The van der Waals surface area contributed by atoms with Crippen LogP contribution >= 0.6 is 12.5 Å². The van der Waals surface area contributed by atoms with Gasteiger partial charge in [-0.15, -0.1) is 0 Å². The summed E-state index contributed by atoms with van der Waals surface area (Å²) in [4.78, 5) is 0. The third kappa shape index (κ3) is 30.1. The van der Waals surface area contributed by atoms with Crippen molar-refractivity contribution in [1.82, 2.24) is 0 Å². The first-order valence-corrected chi connectivity index (χ1v) is 3.39. The van der Waals surface area contributed by atoms with Crippen LogP contribution in [-0.4, -0.2) is 32.2 Å². The molecule has 1 atom stereocenters. The highest BCUT2D eigenvalue weighted by molar-refractivity contribution is 8.06. The average Bonchev–Trinajstić information content (AvgIpc) is 1.87. The van der Waals surface area contributed by atoms with Crippen LogP contribution in [0.25, 0.3) is 0 Å². The summed E-state index contributed by atoms with van der Waals surface area (Å²) in [5.74, 6) is 0. The Balaban J connectivity index is 0. The van der Waals surface area contributed by atoms with Gasteiger partial charge in [-0.1, -0.05) is 6.82 Å². The molecule has 0 bridgehead atoms. The van der Waals surface area contributed by atoms with Gasteiger partial charge in [0, 0.05) is 6.61 Å². The lowest BCUT2D eigenvalue weighted by Gasteiger charge is -1.95. The van der Waals surface area contributed by atoms with Crippen molar-refractivity contribution in [2.45, 2.75) is 26.3 Å². The summed E-state index contributed by atoms with van der Waals surface area (Å²) >= 11 is 3.63. The summed E-state index contributed by atoms with van der Waals surface area (Å²) < 4.78 is 12.7. The molecule has 0 aliphatic carbocycles. The zero-order valence-electron chi connectivity index (χ0n) is 7.87. The van der Waals surface area contributed by atoms with E-state index in [0.717, 1.165) is 0 Å². The van der Waals surface area contributed by atoms with Crippen LogP contribution in [0.3, 0.4) is 0 Å². The minimum absolute atomic E-state index is 0.0973. The predicted molar refractivity (Wildman–Crippen MR) is 45.4 cm³/mol. The SMILES string of the molecule is [2H]B(C)S.[3H]OC(C)CCO. The standard InChI is InChI=1S/C4H10O2.CH5BS/c1-4(6)2-3-5;1-2-3/h4-6H,2-3H2,1H3;2-3H,1H3/i6T;2D. The van der Waals surface area contributed by atoms with E-state index in [0.29, 0.717) is 6.42 Å². The van der Waals surface area contributed by atoms with Gasteiger partial charge in [0.2, 0.25) is 1.43 Å². The maximum Gasteiger partial charge on any atom is 0.210 e. The zero-order valence-corrected chi connectivity index (χ0v) is 6.77. The van der Waals surface area contributed by atoms with Crippen LogP contribution in [0.1, 0.15) is 13.3 Å². The second kappa shape index (κ2) is 11.2. The number of aliphatic hydroxyl groups excluding tert-OH is 2. The van der Waals surface area contributed by atoms with Crippen LogP contribution < -0.4 is 0 Å². The Bertz CT molecular complexity index is 74.7. The molecule has 2 N–H and O–H groups in total. The molecule has 2 nitrogen and oxygen atoms in total. The lowest BCUT2D eigenvalue weighted by Crippen LogP contribution is -2.00. The van der Waals surface area contributed by atoms with Crippen molar-refractivity contribution in [2.24, 2.45) is 0 Å². The van der Waals surface area contributed by atoms with Crippen LogP contribution in [0.4, 0.5) is 0 Å². The second-order valence-corrected chi connectivity index (χ2v) is 2.10. The van der Waals surface area contributed by atoms with Gasteiger partial charge < -0.3 is 10.2 Å². The normalized spacial score (nSPS) is 14.2. The monoisotopic (exact) mass is 153 g/mol. The van der Waals surface area contributed by atoms with E-state index in [1.54, 1.807) is 13.7 Å². The van der Waals surface area contributed by atoms with Crippen LogP contribution in [-0.2, 0) is 0 Å². The van der Waals surface area contributed by atoms with E-state index in [1.807, 2.05) is 0 Å². The van der Waals surface area contributed by atoms with E-state index in [9.17, 15) is 0 Å². The topological polar surface area (TPSA) is 40.5 Å². The lowest BCUT2D eigenvalue weighted by atomic mass is 10.2.